The summed E-state index contributed by atoms with van der Waals surface area (Å²) in [5, 5.41) is 8.95. The van der Waals surface area contributed by atoms with E-state index in [1.165, 1.54) is 17.7 Å². The van der Waals surface area contributed by atoms with Crippen LogP contribution < -0.4 is 34.5 Å². The molecule has 1 aromatic heterocycles. The van der Waals surface area contributed by atoms with Gasteiger partial charge in [0.25, 0.3) is 0 Å². The van der Waals surface area contributed by atoms with Crippen molar-refractivity contribution in [2.75, 3.05) is 37.6 Å². The molecule has 192 valence electrons. The van der Waals surface area contributed by atoms with Gasteiger partial charge in [0.1, 0.15) is 5.82 Å². The molecule has 0 atom stereocenters. The van der Waals surface area contributed by atoms with Gasteiger partial charge >= 0.3 is 35.5 Å². The molecule has 0 saturated carbocycles. The van der Waals surface area contributed by atoms with Crippen molar-refractivity contribution in [2.45, 2.75) is 32.2 Å². The Labute approximate surface area is 245 Å². The molecule has 2 heterocycles. The number of aliphatic carboxylic acids is 1. The SMILES string of the molecule is O=C(O)Cc1ccc(CCN2CCCN(c3nc4ccccc4n3Cc3ccc(F)cc3)CCC2)cc1.[Na+]. The van der Waals surface area contributed by atoms with Crippen LogP contribution in [-0.4, -0.2) is 58.3 Å². The standard InChI is InChI=1S/C30H33FN4O2.Na/c31-26-13-11-25(12-14-26)22-35-28-6-2-1-5-27(28)32-30(35)34-18-3-16-33(17-4-19-34)20-15-23-7-9-24(10-8-23)21-29(36)37;/h1-2,5-14H,3-4,15-22H2,(H,36,37);/q;+1. The van der Waals surface area contributed by atoms with E-state index in [1.54, 1.807) is 0 Å². The molecule has 6 nitrogen and oxygen atoms in total. The van der Waals surface area contributed by atoms with E-state index in [-0.39, 0.29) is 41.8 Å². The van der Waals surface area contributed by atoms with Gasteiger partial charge in [-0.3, -0.25) is 4.79 Å². The number of imidazole rings is 1. The quantitative estimate of drug-likeness (QED) is 0.358. The number of hydrogen-bond acceptors (Lipinski definition) is 4. The average molecular weight is 524 g/mol. The summed E-state index contributed by atoms with van der Waals surface area (Å²) in [7, 11) is 0. The smallest absolute Gasteiger partial charge is 0.481 e. The topological polar surface area (TPSA) is 61.6 Å². The molecule has 5 rings (SSSR count). The monoisotopic (exact) mass is 523 g/mol. The van der Waals surface area contributed by atoms with Crippen LogP contribution in [-0.2, 0) is 24.2 Å². The summed E-state index contributed by atoms with van der Waals surface area (Å²) >= 11 is 0. The molecular weight excluding hydrogens is 490 g/mol. The molecule has 3 aromatic carbocycles. The summed E-state index contributed by atoms with van der Waals surface area (Å²) in [6, 6.07) is 22.9. The second-order valence-electron chi connectivity index (χ2n) is 9.79. The molecule has 1 saturated heterocycles. The molecular formula is C30H33FN4NaO2+. The second kappa shape index (κ2) is 13.4. The van der Waals surface area contributed by atoms with Gasteiger partial charge in [0.2, 0.25) is 5.95 Å². The molecule has 1 aliphatic rings. The number of fused-ring (bicyclic) bond motifs is 1. The largest absolute Gasteiger partial charge is 1.00 e. The van der Waals surface area contributed by atoms with E-state index in [2.05, 4.69) is 38.6 Å². The fourth-order valence-corrected chi connectivity index (χ4v) is 5.14. The number of benzene rings is 3. The zero-order chi connectivity index (χ0) is 25.6. The van der Waals surface area contributed by atoms with Crippen LogP contribution >= 0.6 is 0 Å². The molecule has 1 N–H and O–H groups in total. The number of halogens is 1. The first-order valence-corrected chi connectivity index (χ1v) is 13.0. The fraction of sp³-hybridized carbons (Fsp3) is 0.333. The third kappa shape index (κ3) is 7.23. The van der Waals surface area contributed by atoms with Crippen LogP contribution in [0.25, 0.3) is 11.0 Å². The Morgan fingerprint density at radius 2 is 1.47 bits per heavy atom. The van der Waals surface area contributed by atoms with Gasteiger partial charge in [-0.1, -0.05) is 48.5 Å². The van der Waals surface area contributed by atoms with Gasteiger partial charge < -0.3 is 19.5 Å². The minimum atomic E-state index is -0.798. The minimum Gasteiger partial charge on any atom is -0.481 e. The first-order chi connectivity index (χ1) is 18.0. The van der Waals surface area contributed by atoms with Crippen molar-refractivity contribution in [2.24, 2.45) is 0 Å². The van der Waals surface area contributed by atoms with E-state index in [9.17, 15) is 9.18 Å². The minimum absolute atomic E-state index is 0. The molecule has 0 amide bonds. The van der Waals surface area contributed by atoms with Crippen LogP contribution in [0.3, 0.4) is 0 Å². The van der Waals surface area contributed by atoms with E-state index in [1.807, 2.05) is 36.4 Å². The number of para-hydroxylation sites is 2. The third-order valence-electron chi connectivity index (χ3n) is 7.07. The average Bonchev–Trinajstić information content (AvgIpc) is 3.23. The van der Waals surface area contributed by atoms with Crippen molar-refractivity contribution in [1.29, 1.82) is 0 Å². The molecule has 1 aliphatic heterocycles. The third-order valence-corrected chi connectivity index (χ3v) is 7.07. The summed E-state index contributed by atoms with van der Waals surface area (Å²) in [5.41, 5.74) is 5.22. The first kappa shape index (κ1) is 28.3. The van der Waals surface area contributed by atoms with Crippen molar-refractivity contribution in [3.63, 3.8) is 0 Å². The van der Waals surface area contributed by atoms with Crippen LogP contribution in [0.2, 0.25) is 0 Å². The zero-order valence-corrected chi connectivity index (χ0v) is 24.0. The number of anilines is 1. The van der Waals surface area contributed by atoms with Gasteiger partial charge in [-0.25, -0.2) is 9.37 Å². The first-order valence-electron chi connectivity index (χ1n) is 13.0. The number of rotatable bonds is 8. The predicted molar refractivity (Wildman–Crippen MR) is 145 cm³/mol. The molecule has 0 bridgehead atoms. The van der Waals surface area contributed by atoms with Crippen LogP contribution in [0.1, 0.15) is 29.5 Å². The molecule has 0 spiro atoms. The number of aromatic nitrogens is 2. The summed E-state index contributed by atoms with van der Waals surface area (Å²) in [6.07, 6.45) is 3.14. The summed E-state index contributed by atoms with van der Waals surface area (Å²) < 4.78 is 15.7. The van der Waals surface area contributed by atoms with Gasteiger partial charge in [-0.15, -0.1) is 0 Å². The Morgan fingerprint density at radius 3 is 2.16 bits per heavy atom. The molecule has 8 heteroatoms. The molecule has 0 aliphatic carbocycles. The van der Waals surface area contributed by atoms with Gasteiger partial charge in [0.15, 0.2) is 0 Å². The predicted octanol–water partition coefficient (Wildman–Crippen LogP) is 2.00. The summed E-state index contributed by atoms with van der Waals surface area (Å²) in [4.78, 5) is 20.8. The van der Waals surface area contributed by atoms with E-state index in [0.717, 1.165) is 80.1 Å². The van der Waals surface area contributed by atoms with Crippen molar-refractivity contribution >= 4 is 23.0 Å². The molecule has 4 aromatic rings. The van der Waals surface area contributed by atoms with E-state index in [4.69, 9.17) is 10.1 Å². The second-order valence-corrected chi connectivity index (χ2v) is 9.79. The van der Waals surface area contributed by atoms with Gasteiger partial charge in [0.05, 0.1) is 24.0 Å². The summed E-state index contributed by atoms with van der Waals surface area (Å²) in [6.45, 7) is 5.60. The van der Waals surface area contributed by atoms with Gasteiger partial charge in [0, 0.05) is 19.6 Å². The zero-order valence-electron chi connectivity index (χ0n) is 22.0. The Morgan fingerprint density at radius 1 is 0.842 bits per heavy atom. The van der Waals surface area contributed by atoms with Crippen LogP contribution in [0.4, 0.5) is 10.3 Å². The van der Waals surface area contributed by atoms with Crippen molar-refractivity contribution in [3.8, 4) is 0 Å². The molecule has 38 heavy (non-hydrogen) atoms. The van der Waals surface area contributed by atoms with Crippen molar-refractivity contribution in [1.82, 2.24) is 14.5 Å². The number of carboxylic acid groups (broad SMARTS) is 1. The Kier molecular flexibility index (Phi) is 9.97. The number of carbonyl (C=O) groups is 1. The molecule has 0 radical (unpaired) electrons. The maximum atomic E-state index is 13.5. The van der Waals surface area contributed by atoms with Crippen molar-refractivity contribution < 1.29 is 43.8 Å². The Bertz CT molecular complexity index is 1330. The number of carboxylic acids is 1. The van der Waals surface area contributed by atoms with E-state index in [0.29, 0.717) is 6.54 Å². The number of hydrogen-bond donors (Lipinski definition) is 1. The van der Waals surface area contributed by atoms with Crippen LogP contribution in [0.15, 0.2) is 72.8 Å². The summed E-state index contributed by atoms with van der Waals surface area (Å²) in [5.74, 6) is -0.0307. The maximum absolute atomic E-state index is 13.5. The maximum Gasteiger partial charge on any atom is 1.00 e. The normalized spacial score (nSPS) is 14.6. The van der Waals surface area contributed by atoms with Crippen molar-refractivity contribution in [3.05, 3.63) is 95.3 Å². The molecule has 1 fully saturated rings. The van der Waals surface area contributed by atoms with E-state index < -0.39 is 5.97 Å². The Hall–Kier alpha value is -2.71. The van der Waals surface area contributed by atoms with Gasteiger partial charge in [-0.05, 0) is 73.3 Å². The molecule has 0 unspecified atom stereocenters. The van der Waals surface area contributed by atoms with Crippen LogP contribution in [0.5, 0.6) is 0 Å². The fourth-order valence-electron chi connectivity index (χ4n) is 5.14. The van der Waals surface area contributed by atoms with Gasteiger partial charge in [-0.2, -0.15) is 0 Å². The van der Waals surface area contributed by atoms with E-state index >= 15 is 0 Å². The Balaban J connectivity index is 0.00000336. The van der Waals surface area contributed by atoms with Crippen LogP contribution in [0, 0.1) is 5.82 Å². The number of nitrogens with zero attached hydrogens (tertiary/aromatic N) is 4.